The van der Waals surface area contributed by atoms with Gasteiger partial charge in [0.15, 0.2) is 0 Å². The number of benzene rings is 1. The number of allylic oxidation sites excluding steroid dienone is 3. The van der Waals surface area contributed by atoms with Crippen molar-refractivity contribution in [2.24, 2.45) is 0 Å². The van der Waals surface area contributed by atoms with Crippen LogP contribution in [0.4, 0.5) is 0 Å². The standard InChI is InChI=1S/C20H26N2O2S2/c1-13(10-15(3)22-20(4,25)26)18-7-6-16-12-17(24-9-8-23-5)11-14(2)19(16)21-18/h6-7,10-12,22,25-26H,1,8-9H2,2-5H3/b15-10+. The molecular weight excluding hydrogens is 364 g/mol. The van der Waals surface area contributed by atoms with E-state index in [1.54, 1.807) is 7.11 Å². The molecule has 2 aromatic rings. The van der Waals surface area contributed by atoms with Gasteiger partial charge in [0.25, 0.3) is 0 Å². The smallest absolute Gasteiger partial charge is 0.122 e. The molecule has 26 heavy (non-hydrogen) atoms. The van der Waals surface area contributed by atoms with Gasteiger partial charge >= 0.3 is 0 Å². The predicted molar refractivity (Wildman–Crippen MR) is 116 cm³/mol. The minimum atomic E-state index is -0.590. The van der Waals surface area contributed by atoms with Crippen LogP contribution in [0, 0.1) is 6.92 Å². The lowest BCUT2D eigenvalue weighted by molar-refractivity contribution is 0.146. The Balaban J connectivity index is 2.25. The van der Waals surface area contributed by atoms with Crippen molar-refractivity contribution in [2.45, 2.75) is 25.0 Å². The molecule has 0 spiro atoms. The Morgan fingerprint density at radius 3 is 2.69 bits per heavy atom. The zero-order chi connectivity index (χ0) is 19.3. The normalized spacial score (nSPS) is 12.3. The van der Waals surface area contributed by atoms with Gasteiger partial charge in [0.1, 0.15) is 16.6 Å². The van der Waals surface area contributed by atoms with Crippen LogP contribution >= 0.6 is 25.3 Å². The van der Waals surface area contributed by atoms with Crippen LogP contribution in [0.3, 0.4) is 0 Å². The van der Waals surface area contributed by atoms with Crippen LogP contribution in [-0.4, -0.2) is 29.5 Å². The highest BCUT2D eigenvalue weighted by Crippen LogP contribution is 2.26. The summed E-state index contributed by atoms with van der Waals surface area (Å²) in [6.45, 7) is 11.1. The quantitative estimate of drug-likeness (QED) is 0.267. The highest BCUT2D eigenvalue weighted by Gasteiger charge is 2.11. The van der Waals surface area contributed by atoms with Crippen LogP contribution in [0.1, 0.15) is 25.1 Å². The molecule has 0 fully saturated rings. The summed E-state index contributed by atoms with van der Waals surface area (Å²) < 4.78 is 10.1. The van der Waals surface area contributed by atoms with Crippen LogP contribution in [0.15, 0.2) is 42.6 Å². The molecule has 0 aliphatic rings. The van der Waals surface area contributed by atoms with Gasteiger partial charge in [0.05, 0.1) is 17.8 Å². The molecule has 140 valence electrons. The van der Waals surface area contributed by atoms with Crippen molar-refractivity contribution < 1.29 is 9.47 Å². The maximum atomic E-state index is 5.71. The fourth-order valence-corrected chi connectivity index (χ4v) is 2.98. The van der Waals surface area contributed by atoms with Gasteiger partial charge in [0.2, 0.25) is 0 Å². The third kappa shape index (κ3) is 5.97. The number of nitrogens with one attached hydrogen (secondary N) is 1. The number of methoxy groups -OCH3 is 1. The van der Waals surface area contributed by atoms with Gasteiger partial charge in [0, 0.05) is 18.2 Å². The van der Waals surface area contributed by atoms with E-state index in [0.29, 0.717) is 13.2 Å². The molecule has 0 aliphatic heterocycles. The van der Waals surface area contributed by atoms with Crippen LogP contribution in [0.5, 0.6) is 5.75 Å². The average Bonchev–Trinajstić information content (AvgIpc) is 2.53. The van der Waals surface area contributed by atoms with Gasteiger partial charge < -0.3 is 14.8 Å². The lowest BCUT2D eigenvalue weighted by Gasteiger charge is -2.20. The predicted octanol–water partition coefficient (Wildman–Crippen LogP) is 4.61. The van der Waals surface area contributed by atoms with Crippen LogP contribution in [0.25, 0.3) is 16.5 Å². The van der Waals surface area contributed by atoms with Crippen molar-refractivity contribution in [3.63, 3.8) is 0 Å². The number of pyridine rings is 1. The maximum absolute atomic E-state index is 5.71. The second-order valence-corrected chi connectivity index (χ2v) is 8.49. The lowest BCUT2D eigenvalue weighted by atomic mass is 10.1. The number of aromatic nitrogens is 1. The SMILES string of the molecule is C=C(/C=C(\C)NC(C)(S)S)c1ccc2cc(OCCOC)cc(C)c2n1. The lowest BCUT2D eigenvalue weighted by Crippen LogP contribution is -2.29. The maximum Gasteiger partial charge on any atom is 0.122 e. The van der Waals surface area contributed by atoms with Crippen LogP contribution in [-0.2, 0) is 4.74 Å². The Kier molecular flexibility index (Phi) is 7.03. The molecular formula is C20H26N2O2S2. The fraction of sp³-hybridized carbons (Fsp3) is 0.350. The second-order valence-electron chi connectivity index (χ2n) is 6.35. The molecule has 0 bridgehead atoms. The first-order valence-corrected chi connectivity index (χ1v) is 9.22. The summed E-state index contributed by atoms with van der Waals surface area (Å²) in [7, 11) is 1.66. The highest BCUT2D eigenvalue weighted by atomic mass is 32.2. The third-order valence-electron chi connectivity index (χ3n) is 3.67. The number of thiol groups is 2. The molecule has 0 radical (unpaired) electrons. The van der Waals surface area contributed by atoms with E-state index in [9.17, 15) is 0 Å². The average molecular weight is 391 g/mol. The summed E-state index contributed by atoms with van der Waals surface area (Å²) in [5.41, 5.74) is 4.57. The van der Waals surface area contributed by atoms with E-state index < -0.39 is 4.20 Å². The summed E-state index contributed by atoms with van der Waals surface area (Å²) in [5.74, 6) is 0.821. The first-order valence-electron chi connectivity index (χ1n) is 8.33. The summed E-state index contributed by atoms with van der Waals surface area (Å²) in [4.78, 5) is 4.77. The summed E-state index contributed by atoms with van der Waals surface area (Å²) in [6.07, 6.45) is 1.94. The molecule has 0 unspecified atom stereocenters. The van der Waals surface area contributed by atoms with Crippen molar-refractivity contribution in [2.75, 3.05) is 20.3 Å². The van der Waals surface area contributed by atoms with E-state index in [2.05, 4.69) is 37.2 Å². The molecule has 1 aromatic heterocycles. The van der Waals surface area contributed by atoms with Crippen LogP contribution in [0.2, 0.25) is 0 Å². The topological polar surface area (TPSA) is 43.4 Å². The number of ether oxygens (including phenoxy) is 2. The minimum absolute atomic E-state index is 0.524. The van der Waals surface area contributed by atoms with E-state index >= 15 is 0 Å². The number of rotatable bonds is 8. The molecule has 1 aromatic carbocycles. The van der Waals surface area contributed by atoms with Gasteiger partial charge in [-0.05, 0) is 56.2 Å². The van der Waals surface area contributed by atoms with Gasteiger partial charge in [-0.15, -0.1) is 25.3 Å². The van der Waals surface area contributed by atoms with E-state index in [1.165, 1.54) is 0 Å². The third-order valence-corrected chi connectivity index (χ3v) is 3.89. The Hall–Kier alpha value is -1.63. The van der Waals surface area contributed by atoms with Crippen molar-refractivity contribution in [1.29, 1.82) is 0 Å². The van der Waals surface area contributed by atoms with Gasteiger partial charge in [-0.25, -0.2) is 4.98 Å². The Labute approximate surface area is 166 Å². The van der Waals surface area contributed by atoms with Crippen molar-refractivity contribution in [1.82, 2.24) is 10.3 Å². The van der Waals surface area contributed by atoms with E-state index in [1.807, 2.05) is 51.1 Å². The van der Waals surface area contributed by atoms with Crippen molar-refractivity contribution in [3.05, 3.63) is 53.9 Å². The molecule has 0 saturated heterocycles. The first-order chi connectivity index (χ1) is 12.2. The van der Waals surface area contributed by atoms with Gasteiger partial charge in [-0.2, -0.15) is 0 Å². The molecule has 4 nitrogen and oxygen atoms in total. The minimum Gasteiger partial charge on any atom is -0.491 e. The molecule has 1 N–H and O–H groups in total. The summed E-state index contributed by atoms with van der Waals surface area (Å²) >= 11 is 8.71. The Morgan fingerprint density at radius 1 is 1.31 bits per heavy atom. The van der Waals surface area contributed by atoms with Gasteiger partial charge in [-0.1, -0.05) is 12.6 Å². The number of fused-ring (bicyclic) bond motifs is 1. The van der Waals surface area contributed by atoms with Crippen molar-refractivity contribution >= 4 is 41.7 Å². The zero-order valence-electron chi connectivity index (χ0n) is 15.7. The largest absolute Gasteiger partial charge is 0.491 e. The molecule has 0 amide bonds. The van der Waals surface area contributed by atoms with E-state index in [-0.39, 0.29) is 0 Å². The Bertz CT molecular complexity index is 826. The molecule has 1 heterocycles. The van der Waals surface area contributed by atoms with Crippen molar-refractivity contribution in [3.8, 4) is 5.75 Å². The number of hydrogen-bond acceptors (Lipinski definition) is 6. The van der Waals surface area contributed by atoms with E-state index in [0.717, 1.165) is 39.2 Å². The van der Waals surface area contributed by atoms with Crippen LogP contribution < -0.4 is 10.1 Å². The number of aryl methyl sites for hydroxylation is 1. The van der Waals surface area contributed by atoms with Gasteiger partial charge in [-0.3, -0.25) is 0 Å². The first kappa shape index (κ1) is 20.7. The highest BCUT2D eigenvalue weighted by molar-refractivity contribution is 8.00. The summed E-state index contributed by atoms with van der Waals surface area (Å²) in [5, 5.41) is 4.21. The monoisotopic (exact) mass is 390 g/mol. The Morgan fingerprint density at radius 2 is 2.04 bits per heavy atom. The molecule has 2 rings (SSSR count). The molecule has 0 atom stereocenters. The zero-order valence-corrected chi connectivity index (χ0v) is 17.5. The fourth-order valence-electron chi connectivity index (χ4n) is 2.63. The number of hydrogen-bond donors (Lipinski definition) is 3. The molecule has 0 aliphatic carbocycles. The summed E-state index contributed by atoms with van der Waals surface area (Å²) in [6, 6.07) is 7.99. The molecule has 0 saturated carbocycles. The van der Waals surface area contributed by atoms with E-state index in [4.69, 9.17) is 14.5 Å². The second kappa shape index (κ2) is 8.84. The number of nitrogens with zero attached hydrogens (tertiary/aromatic N) is 1. The molecule has 6 heteroatoms.